The lowest BCUT2D eigenvalue weighted by molar-refractivity contribution is 0.0277. The zero-order valence-corrected chi connectivity index (χ0v) is 11.1. The van der Waals surface area contributed by atoms with Crippen LogP contribution in [-0.2, 0) is 0 Å². The van der Waals surface area contributed by atoms with Crippen molar-refractivity contribution in [1.29, 1.82) is 0 Å². The normalized spacial score (nSPS) is 28.3. The van der Waals surface area contributed by atoms with Gasteiger partial charge in [0.1, 0.15) is 0 Å². The smallest absolute Gasteiger partial charge is 0.0693 e. The van der Waals surface area contributed by atoms with Gasteiger partial charge >= 0.3 is 0 Å². The maximum atomic E-state index is 9.79. The van der Waals surface area contributed by atoms with Gasteiger partial charge in [-0.2, -0.15) is 0 Å². The second-order valence-electron chi connectivity index (χ2n) is 6.11. The topological polar surface area (TPSA) is 49.5 Å². The first-order valence-electron chi connectivity index (χ1n) is 6.55. The molecule has 3 heteroatoms. The Morgan fingerprint density at radius 2 is 2.12 bits per heavy atom. The Hall–Kier alpha value is -0.120. The van der Waals surface area contributed by atoms with Crippen molar-refractivity contribution in [1.82, 2.24) is 4.90 Å². The minimum absolute atomic E-state index is 0.128. The van der Waals surface area contributed by atoms with Crippen LogP contribution < -0.4 is 5.73 Å². The first kappa shape index (κ1) is 13.9. The van der Waals surface area contributed by atoms with Gasteiger partial charge in [0.15, 0.2) is 0 Å². The van der Waals surface area contributed by atoms with Crippen LogP contribution in [0.25, 0.3) is 0 Å². The summed E-state index contributed by atoms with van der Waals surface area (Å²) in [6.45, 7) is 10.4. The number of likely N-dealkylation sites (tertiary alicyclic amines) is 1. The van der Waals surface area contributed by atoms with Crippen molar-refractivity contribution < 1.29 is 5.11 Å². The van der Waals surface area contributed by atoms with Gasteiger partial charge in [0.05, 0.1) is 6.10 Å². The summed E-state index contributed by atoms with van der Waals surface area (Å²) < 4.78 is 0. The van der Waals surface area contributed by atoms with Crippen LogP contribution in [0.4, 0.5) is 0 Å². The Morgan fingerprint density at radius 1 is 1.44 bits per heavy atom. The van der Waals surface area contributed by atoms with Gasteiger partial charge in [-0.1, -0.05) is 20.8 Å². The summed E-state index contributed by atoms with van der Waals surface area (Å²) in [5, 5.41) is 9.79. The van der Waals surface area contributed by atoms with Crippen LogP contribution in [-0.4, -0.2) is 42.3 Å². The highest BCUT2D eigenvalue weighted by molar-refractivity contribution is 4.78. The van der Waals surface area contributed by atoms with E-state index in [2.05, 4.69) is 25.7 Å². The Labute approximate surface area is 100 Å². The molecule has 0 saturated carbocycles. The molecule has 0 bridgehead atoms. The standard InChI is InChI=1S/C13H28N2O/c1-11-5-8-15(9-12(11)16)7-4-6-13(2,3)10-14/h11-12,16H,4-10,14H2,1-3H3. The Bertz CT molecular complexity index is 206. The van der Waals surface area contributed by atoms with Crippen LogP contribution in [0.1, 0.15) is 40.0 Å². The highest BCUT2D eigenvalue weighted by Gasteiger charge is 2.24. The molecule has 0 aliphatic carbocycles. The van der Waals surface area contributed by atoms with Gasteiger partial charge < -0.3 is 15.7 Å². The summed E-state index contributed by atoms with van der Waals surface area (Å²) in [4.78, 5) is 2.39. The summed E-state index contributed by atoms with van der Waals surface area (Å²) in [6.07, 6.45) is 3.36. The quantitative estimate of drug-likeness (QED) is 0.749. The van der Waals surface area contributed by atoms with Crippen LogP contribution in [0, 0.1) is 11.3 Å². The summed E-state index contributed by atoms with van der Waals surface area (Å²) in [5.41, 5.74) is 5.98. The molecule has 0 aromatic rings. The second kappa shape index (κ2) is 5.99. The average Bonchev–Trinajstić information content (AvgIpc) is 2.23. The largest absolute Gasteiger partial charge is 0.392 e. The fraction of sp³-hybridized carbons (Fsp3) is 1.00. The molecule has 1 aliphatic rings. The lowest BCUT2D eigenvalue weighted by Gasteiger charge is -2.34. The summed E-state index contributed by atoms with van der Waals surface area (Å²) >= 11 is 0. The number of β-amino-alcohol motifs (C(OH)–C–C–N with tert-alkyl or cyclic N) is 1. The van der Waals surface area contributed by atoms with Crippen molar-refractivity contribution in [3.8, 4) is 0 Å². The van der Waals surface area contributed by atoms with E-state index in [1.54, 1.807) is 0 Å². The number of nitrogens with zero attached hydrogens (tertiary/aromatic N) is 1. The summed E-state index contributed by atoms with van der Waals surface area (Å²) in [7, 11) is 0. The minimum atomic E-state index is -0.128. The fourth-order valence-electron chi connectivity index (χ4n) is 2.20. The molecule has 1 saturated heterocycles. The van der Waals surface area contributed by atoms with Crippen LogP contribution in [0.5, 0.6) is 0 Å². The molecule has 1 aliphatic heterocycles. The third kappa shape index (κ3) is 4.40. The van der Waals surface area contributed by atoms with Crippen molar-refractivity contribution in [2.45, 2.75) is 46.1 Å². The van der Waals surface area contributed by atoms with Gasteiger partial charge in [0.2, 0.25) is 0 Å². The minimum Gasteiger partial charge on any atom is -0.392 e. The second-order valence-corrected chi connectivity index (χ2v) is 6.11. The fourth-order valence-corrected chi connectivity index (χ4v) is 2.20. The van der Waals surface area contributed by atoms with E-state index in [1.807, 2.05) is 0 Å². The van der Waals surface area contributed by atoms with E-state index in [1.165, 1.54) is 12.8 Å². The summed E-state index contributed by atoms with van der Waals surface area (Å²) in [6, 6.07) is 0. The van der Waals surface area contributed by atoms with Gasteiger partial charge in [-0.3, -0.25) is 0 Å². The molecule has 2 unspecified atom stereocenters. The Kier molecular flexibility index (Phi) is 5.22. The molecule has 3 nitrogen and oxygen atoms in total. The highest BCUT2D eigenvalue weighted by Crippen LogP contribution is 2.22. The molecule has 96 valence electrons. The molecule has 16 heavy (non-hydrogen) atoms. The predicted molar refractivity (Wildman–Crippen MR) is 68.3 cm³/mol. The number of rotatable bonds is 5. The first-order chi connectivity index (χ1) is 7.44. The van der Waals surface area contributed by atoms with E-state index in [-0.39, 0.29) is 11.5 Å². The maximum absolute atomic E-state index is 9.79. The van der Waals surface area contributed by atoms with Crippen LogP contribution in [0.15, 0.2) is 0 Å². The molecule has 3 N–H and O–H groups in total. The van der Waals surface area contributed by atoms with E-state index in [0.717, 1.165) is 32.6 Å². The van der Waals surface area contributed by atoms with E-state index in [0.29, 0.717) is 5.92 Å². The number of hydrogen-bond acceptors (Lipinski definition) is 3. The van der Waals surface area contributed by atoms with Gasteiger partial charge in [0, 0.05) is 6.54 Å². The van der Waals surface area contributed by atoms with Gasteiger partial charge in [-0.25, -0.2) is 0 Å². The number of hydrogen-bond donors (Lipinski definition) is 2. The van der Waals surface area contributed by atoms with Crippen molar-refractivity contribution in [3.63, 3.8) is 0 Å². The molecular formula is C13H28N2O. The molecule has 0 aromatic heterocycles. The molecule has 0 radical (unpaired) electrons. The number of aliphatic hydroxyl groups excluding tert-OH is 1. The zero-order valence-electron chi connectivity index (χ0n) is 11.1. The van der Waals surface area contributed by atoms with Crippen molar-refractivity contribution >= 4 is 0 Å². The SMILES string of the molecule is CC1CCN(CCCC(C)(C)CN)CC1O. The van der Waals surface area contributed by atoms with Crippen LogP contribution >= 0.6 is 0 Å². The monoisotopic (exact) mass is 228 g/mol. The first-order valence-corrected chi connectivity index (χ1v) is 6.55. The highest BCUT2D eigenvalue weighted by atomic mass is 16.3. The Morgan fingerprint density at radius 3 is 2.69 bits per heavy atom. The summed E-state index contributed by atoms with van der Waals surface area (Å²) in [5.74, 6) is 0.469. The third-order valence-electron chi connectivity index (χ3n) is 3.88. The molecule has 1 fully saturated rings. The number of nitrogens with two attached hydrogens (primary N) is 1. The molecule has 0 spiro atoms. The lowest BCUT2D eigenvalue weighted by Crippen LogP contribution is -2.43. The van der Waals surface area contributed by atoms with E-state index < -0.39 is 0 Å². The molecular weight excluding hydrogens is 200 g/mol. The lowest BCUT2D eigenvalue weighted by atomic mass is 9.88. The maximum Gasteiger partial charge on any atom is 0.0693 e. The molecule has 2 atom stereocenters. The predicted octanol–water partition coefficient (Wildman–Crippen LogP) is 1.45. The van der Waals surface area contributed by atoms with E-state index in [4.69, 9.17) is 5.73 Å². The van der Waals surface area contributed by atoms with Crippen LogP contribution in [0.2, 0.25) is 0 Å². The van der Waals surface area contributed by atoms with E-state index in [9.17, 15) is 5.11 Å². The molecule has 1 rings (SSSR count). The van der Waals surface area contributed by atoms with E-state index >= 15 is 0 Å². The van der Waals surface area contributed by atoms with Crippen molar-refractivity contribution in [2.24, 2.45) is 17.1 Å². The van der Waals surface area contributed by atoms with Gasteiger partial charge in [-0.05, 0) is 50.2 Å². The third-order valence-corrected chi connectivity index (χ3v) is 3.88. The van der Waals surface area contributed by atoms with Crippen molar-refractivity contribution in [2.75, 3.05) is 26.2 Å². The van der Waals surface area contributed by atoms with Crippen molar-refractivity contribution in [3.05, 3.63) is 0 Å². The van der Waals surface area contributed by atoms with Gasteiger partial charge in [-0.15, -0.1) is 0 Å². The molecule has 0 aromatic carbocycles. The molecule has 0 amide bonds. The average molecular weight is 228 g/mol. The Balaban J connectivity index is 2.19. The number of aliphatic hydroxyl groups is 1. The van der Waals surface area contributed by atoms with Gasteiger partial charge in [0.25, 0.3) is 0 Å². The number of piperidine rings is 1. The van der Waals surface area contributed by atoms with Crippen LogP contribution in [0.3, 0.4) is 0 Å². The zero-order chi connectivity index (χ0) is 12.2. The molecule has 1 heterocycles.